The molecule has 0 aromatic heterocycles. The third-order valence-corrected chi connectivity index (χ3v) is 7.33. The second-order valence-electron chi connectivity index (χ2n) is 9.74. The number of anilines is 1. The summed E-state index contributed by atoms with van der Waals surface area (Å²) in [6.45, 7) is 1.01. The van der Waals surface area contributed by atoms with Crippen molar-refractivity contribution in [3.63, 3.8) is 0 Å². The van der Waals surface area contributed by atoms with Crippen molar-refractivity contribution in [3.05, 3.63) is 76.0 Å². The molecule has 1 unspecified atom stereocenters. The van der Waals surface area contributed by atoms with E-state index in [-0.39, 0.29) is 47.1 Å². The van der Waals surface area contributed by atoms with Crippen molar-refractivity contribution in [1.29, 1.82) is 5.26 Å². The van der Waals surface area contributed by atoms with Crippen LogP contribution in [0.15, 0.2) is 53.7 Å². The van der Waals surface area contributed by atoms with Gasteiger partial charge in [0.2, 0.25) is 0 Å². The maximum absolute atomic E-state index is 13.7. The molecular formula is C28H25F3N4O4. The molecule has 5 rings (SSSR count). The average molecular weight is 539 g/mol. The maximum atomic E-state index is 13.7. The molecule has 1 saturated heterocycles. The summed E-state index contributed by atoms with van der Waals surface area (Å²) in [5, 5.41) is 12.4. The predicted molar refractivity (Wildman–Crippen MR) is 134 cm³/mol. The number of allylic oxidation sites excluding steroid dienone is 1. The van der Waals surface area contributed by atoms with Crippen LogP contribution in [0.4, 0.5) is 23.7 Å². The average Bonchev–Trinajstić information content (AvgIpc) is 3.30. The van der Waals surface area contributed by atoms with Crippen molar-refractivity contribution in [1.82, 2.24) is 10.2 Å². The summed E-state index contributed by atoms with van der Waals surface area (Å²) < 4.78 is 45.6. The summed E-state index contributed by atoms with van der Waals surface area (Å²) in [4.78, 5) is 42.7. The van der Waals surface area contributed by atoms with E-state index in [9.17, 15) is 32.8 Å². The van der Waals surface area contributed by atoms with Crippen LogP contribution in [0.25, 0.3) is 0 Å². The van der Waals surface area contributed by atoms with E-state index in [4.69, 9.17) is 4.74 Å². The number of alkyl halides is 3. The van der Waals surface area contributed by atoms with Gasteiger partial charge in [0.15, 0.2) is 5.78 Å². The predicted octanol–water partition coefficient (Wildman–Crippen LogP) is 4.72. The molecule has 2 aromatic carbocycles. The van der Waals surface area contributed by atoms with Gasteiger partial charge in [-0.1, -0.05) is 12.1 Å². The minimum absolute atomic E-state index is 0.000336. The highest BCUT2D eigenvalue weighted by molar-refractivity contribution is 6.09. The quantitative estimate of drug-likeness (QED) is 0.607. The summed E-state index contributed by atoms with van der Waals surface area (Å²) in [5.41, 5.74) is 0.401. The van der Waals surface area contributed by atoms with Crippen molar-refractivity contribution in [2.45, 2.75) is 43.9 Å². The van der Waals surface area contributed by atoms with Crippen molar-refractivity contribution >= 4 is 23.4 Å². The zero-order chi connectivity index (χ0) is 27.9. The van der Waals surface area contributed by atoms with Gasteiger partial charge in [0.1, 0.15) is 0 Å². The number of ketones is 1. The van der Waals surface area contributed by atoms with Crippen LogP contribution in [-0.2, 0) is 15.7 Å². The van der Waals surface area contributed by atoms with Gasteiger partial charge in [-0.25, -0.2) is 4.79 Å². The van der Waals surface area contributed by atoms with Gasteiger partial charge in [-0.15, -0.1) is 0 Å². The largest absolute Gasteiger partial charge is 0.416 e. The third-order valence-electron chi connectivity index (χ3n) is 7.33. The molecule has 39 heavy (non-hydrogen) atoms. The van der Waals surface area contributed by atoms with Gasteiger partial charge in [-0.2, -0.15) is 18.4 Å². The van der Waals surface area contributed by atoms with Gasteiger partial charge >= 0.3 is 12.2 Å². The lowest BCUT2D eigenvalue weighted by molar-refractivity contribution is -0.137. The van der Waals surface area contributed by atoms with Crippen LogP contribution >= 0.6 is 0 Å². The molecule has 2 heterocycles. The molecule has 2 aliphatic heterocycles. The lowest BCUT2D eigenvalue weighted by atomic mass is 9.88. The fourth-order valence-electron chi connectivity index (χ4n) is 5.40. The van der Waals surface area contributed by atoms with E-state index in [1.165, 1.54) is 36.2 Å². The molecule has 2 aromatic rings. The molecule has 1 aliphatic carbocycles. The number of nitriles is 1. The molecule has 8 nitrogen and oxygen atoms in total. The number of halogens is 3. The molecule has 1 N–H and O–H groups in total. The van der Waals surface area contributed by atoms with Crippen LogP contribution in [-0.4, -0.2) is 48.9 Å². The number of benzene rings is 2. The van der Waals surface area contributed by atoms with E-state index in [1.54, 1.807) is 6.07 Å². The molecule has 11 heteroatoms. The maximum Gasteiger partial charge on any atom is 0.416 e. The molecule has 1 fully saturated rings. The van der Waals surface area contributed by atoms with Crippen LogP contribution in [0.3, 0.4) is 0 Å². The van der Waals surface area contributed by atoms with Crippen molar-refractivity contribution < 1.29 is 32.3 Å². The monoisotopic (exact) mass is 538 g/mol. The van der Waals surface area contributed by atoms with E-state index in [2.05, 4.69) is 5.32 Å². The Morgan fingerprint density at radius 1 is 1.10 bits per heavy atom. The fraction of sp³-hybridized carbons (Fsp3) is 0.357. The smallest absolute Gasteiger partial charge is 0.381 e. The second-order valence-corrected chi connectivity index (χ2v) is 9.74. The van der Waals surface area contributed by atoms with Gasteiger partial charge in [-0.3, -0.25) is 14.5 Å². The van der Waals surface area contributed by atoms with Crippen LogP contribution in [0, 0.1) is 11.3 Å². The molecule has 0 radical (unpaired) electrons. The summed E-state index contributed by atoms with van der Waals surface area (Å²) in [5.74, 6) is -0.700. The third kappa shape index (κ3) is 4.88. The molecule has 0 saturated carbocycles. The van der Waals surface area contributed by atoms with Crippen LogP contribution in [0.1, 0.15) is 58.8 Å². The van der Waals surface area contributed by atoms with Crippen molar-refractivity contribution in [3.8, 4) is 6.07 Å². The van der Waals surface area contributed by atoms with Gasteiger partial charge in [-0.05, 0) is 55.2 Å². The lowest BCUT2D eigenvalue weighted by Gasteiger charge is -2.41. The number of nitrogens with zero attached hydrogens (tertiary/aromatic N) is 3. The normalized spacial score (nSPS) is 20.2. The van der Waals surface area contributed by atoms with E-state index in [0.717, 1.165) is 17.0 Å². The first-order valence-electron chi connectivity index (χ1n) is 12.5. The lowest BCUT2D eigenvalue weighted by Crippen LogP contribution is -2.48. The van der Waals surface area contributed by atoms with Gasteiger partial charge in [0.05, 0.1) is 28.9 Å². The summed E-state index contributed by atoms with van der Waals surface area (Å²) in [6.07, 6.45) is -3.11. The molecule has 1 atom stereocenters. The first kappa shape index (κ1) is 26.4. The zero-order valence-electron chi connectivity index (χ0n) is 21.0. The Kier molecular flexibility index (Phi) is 6.91. The number of hydrogen-bond donors (Lipinski definition) is 1. The summed E-state index contributed by atoms with van der Waals surface area (Å²) >= 11 is 0. The number of amides is 3. The molecule has 202 valence electrons. The summed E-state index contributed by atoms with van der Waals surface area (Å²) in [6, 6.07) is 9.21. The number of Topliss-reactive ketones (excluding diaryl/α,β-unsaturated/α-hetero) is 1. The number of rotatable bonds is 4. The van der Waals surface area contributed by atoms with Crippen LogP contribution in [0.2, 0.25) is 0 Å². The second kappa shape index (κ2) is 10.2. The van der Waals surface area contributed by atoms with E-state index < -0.39 is 29.7 Å². The van der Waals surface area contributed by atoms with E-state index >= 15 is 0 Å². The van der Waals surface area contributed by atoms with E-state index in [1.807, 2.05) is 6.07 Å². The fourth-order valence-corrected chi connectivity index (χ4v) is 5.40. The Labute approximate surface area is 222 Å². The Bertz CT molecular complexity index is 1420. The molecule has 0 bridgehead atoms. The van der Waals surface area contributed by atoms with Crippen molar-refractivity contribution in [2.75, 3.05) is 25.2 Å². The Morgan fingerprint density at radius 2 is 1.85 bits per heavy atom. The first-order chi connectivity index (χ1) is 18.6. The van der Waals surface area contributed by atoms with E-state index in [0.29, 0.717) is 37.3 Å². The zero-order valence-corrected chi connectivity index (χ0v) is 21.0. The number of carbonyl (C=O) groups excluding carboxylic acids is 3. The Morgan fingerprint density at radius 3 is 2.54 bits per heavy atom. The number of carbonyl (C=O) groups is 3. The minimum atomic E-state index is -4.61. The molecule has 3 amide bonds. The van der Waals surface area contributed by atoms with Crippen LogP contribution < -0.4 is 10.2 Å². The van der Waals surface area contributed by atoms with Crippen molar-refractivity contribution in [2.24, 2.45) is 0 Å². The summed E-state index contributed by atoms with van der Waals surface area (Å²) in [7, 11) is 1.45. The Balaban J connectivity index is 1.60. The Hall–Kier alpha value is -4.17. The number of urea groups is 1. The molecule has 0 spiro atoms. The highest BCUT2D eigenvalue weighted by atomic mass is 19.4. The minimum Gasteiger partial charge on any atom is -0.381 e. The number of likely N-dealkylation sites (N-methyl/N-ethyl adjacent to an activating group) is 1. The molecule has 3 aliphatic rings. The number of ether oxygens (including phenoxy) is 1. The molecular weight excluding hydrogens is 513 g/mol. The van der Waals surface area contributed by atoms with Gasteiger partial charge in [0, 0.05) is 49.6 Å². The first-order valence-corrected chi connectivity index (χ1v) is 12.5. The highest BCUT2D eigenvalue weighted by Gasteiger charge is 2.46. The number of nitrogens with one attached hydrogen (secondary N) is 1. The topological polar surface area (TPSA) is 103 Å². The SMILES string of the molecule is CN1C(=O)N(c2cccc(C(F)(F)F)c2)C2=C(C(=O)CC2)C1c1ccc(C#N)cc1C(=O)NC1CCOCC1. The number of hydrogen-bond acceptors (Lipinski definition) is 5. The van der Waals surface area contributed by atoms with Gasteiger partial charge < -0.3 is 15.0 Å². The van der Waals surface area contributed by atoms with Gasteiger partial charge in [0.25, 0.3) is 5.91 Å². The van der Waals surface area contributed by atoms with Crippen LogP contribution in [0.5, 0.6) is 0 Å². The standard InChI is InChI=1S/C28H25F3N4O4/c1-34-25(20-6-5-16(15-32)13-21(20)26(37)33-18-9-11-39-12-10-18)24-22(7-8-23(24)36)35(27(34)38)19-4-2-3-17(14-19)28(29,30)31/h2-6,13-14,18,25H,7-12H2,1H3,(H,33,37). The highest BCUT2D eigenvalue weighted by Crippen LogP contribution is 2.45.